The highest BCUT2D eigenvalue weighted by Gasteiger charge is 2.35. The summed E-state index contributed by atoms with van der Waals surface area (Å²) in [6, 6.07) is 1.67. The van der Waals surface area contributed by atoms with Crippen LogP contribution < -0.4 is 5.56 Å². The lowest BCUT2D eigenvalue weighted by atomic mass is 10.2. The predicted octanol–water partition coefficient (Wildman–Crippen LogP) is -0.326. The number of aliphatic hydroxyl groups is 2. The van der Waals surface area contributed by atoms with Gasteiger partial charge in [0.2, 0.25) is 0 Å². The van der Waals surface area contributed by atoms with E-state index in [0.29, 0.717) is 23.3 Å². The van der Waals surface area contributed by atoms with Gasteiger partial charge in [0.15, 0.2) is 0 Å². The molecular formula is C12H15N3O4. The number of H-pyrrole nitrogens is 1. The molecule has 0 spiro atoms. The highest BCUT2D eigenvalue weighted by molar-refractivity contribution is 5.75. The van der Waals surface area contributed by atoms with E-state index in [2.05, 4.69) is 9.97 Å². The summed E-state index contributed by atoms with van der Waals surface area (Å²) in [7, 11) is 0. The number of hydrogen-bond acceptors (Lipinski definition) is 5. The second kappa shape index (κ2) is 4.44. The summed E-state index contributed by atoms with van der Waals surface area (Å²) in [5.41, 5.74) is 0.329. The maximum absolute atomic E-state index is 11.8. The molecule has 0 bridgehead atoms. The van der Waals surface area contributed by atoms with Gasteiger partial charge in [-0.05, 0) is 13.0 Å². The van der Waals surface area contributed by atoms with Crippen LogP contribution in [-0.2, 0) is 4.74 Å². The van der Waals surface area contributed by atoms with Gasteiger partial charge < -0.3 is 24.5 Å². The number of ether oxygens (including phenoxy) is 1. The van der Waals surface area contributed by atoms with Gasteiger partial charge in [0.25, 0.3) is 5.56 Å². The predicted molar refractivity (Wildman–Crippen MR) is 66.7 cm³/mol. The van der Waals surface area contributed by atoms with Crippen molar-refractivity contribution in [3.63, 3.8) is 0 Å². The molecule has 0 aliphatic carbocycles. The van der Waals surface area contributed by atoms with Crippen LogP contribution in [0.5, 0.6) is 0 Å². The minimum absolute atomic E-state index is 0.196. The zero-order valence-corrected chi connectivity index (χ0v) is 10.4. The molecule has 1 fully saturated rings. The molecule has 3 N–H and O–H groups in total. The van der Waals surface area contributed by atoms with E-state index in [9.17, 15) is 9.90 Å². The molecule has 2 aromatic heterocycles. The van der Waals surface area contributed by atoms with E-state index < -0.39 is 18.4 Å². The second-order valence-electron chi connectivity index (χ2n) is 4.73. The Bertz CT molecular complexity index is 663. The van der Waals surface area contributed by atoms with Gasteiger partial charge in [-0.25, -0.2) is 4.98 Å². The maximum atomic E-state index is 11.8. The summed E-state index contributed by atoms with van der Waals surface area (Å²) in [6.07, 6.45) is 0.353. The first kappa shape index (κ1) is 12.3. The van der Waals surface area contributed by atoms with E-state index in [1.807, 2.05) is 0 Å². The van der Waals surface area contributed by atoms with Gasteiger partial charge in [-0.2, -0.15) is 0 Å². The SMILES string of the molecule is Cc1nc2c(ccn2C2CC(O)C(CO)O2)c(=O)[nH]1. The summed E-state index contributed by atoms with van der Waals surface area (Å²) in [5, 5.41) is 19.3. The summed E-state index contributed by atoms with van der Waals surface area (Å²) in [4.78, 5) is 18.7. The lowest BCUT2D eigenvalue weighted by Gasteiger charge is -2.14. The van der Waals surface area contributed by atoms with Crippen molar-refractivity contribution in [3.8, 4) is 0 Å². The van der Waals surface area contributed by atoms with Gasteiger partial charge >= 0.3 is 0 Å². The third-order valence-corrected chi connectivity index (χ3v) is 3.39. The first-order valence-electron chi connectivity index (χ1n) is 6.12. The molecule has 3 heterocycles. The number of aromatic amines is 1. The zero-order chi connectivity index (χ0) is 13.6. The first-order valence-corrected chi connectivity index (χ1v) is 6.12. The van der Waals surface area contributed by atoms with Gasteiger partial charge in [-0.1, -0.05) is 0 Å². The molecule has 0 amide bonds. The Morgan fingerprint density at radius 1 is 1.63 bits per heavy atom. The quantitative estimate of drug-likeness (QED) is 0.690. The van der Waals surface area contributed by atoms with Crippen LogP contribution in [-0.4, -0.2) is 43.6 Å². The Kier molecular flexibility index (Phi) is 2.89. The van der Waals surface area contributed by atoms with Gasteiger partial charge in [0.05, 0.1) is 18.1 Å². The molecule has 0 radical (unpaired) electrons. The molecule has 0 saturated carbocycles. The Morgan fingerprint density at radius 3 is 3.11 bits per heavy atom. The number of aromatic nitrogens is 3. The Balaban J connectivity index is 2.05. The van der Waals surface area contributed by atoms with Crippen molar-refractivity contribution >= 4 is 11.0 Å². The fourth-order valence-corrected chi connectivity index (χ4v) is 2.44. The Labute approximate surface area is 108 Å². The molecular weight excluding hydrogens is 250 g/mol. The molecule has 1 saturated heterocycles. The molecule has 7 heteroatoms. The van der Waals surface area contributed by atoms with Crippen LogP contribution in [0.4, 0.5) is 0 Å². The van der Waals surface area contributed by atoms with Crippen molar-refractivity contribution in [2.24, 2.45) is 0 Å². The average Bonchev–Trinajstić information content (AvgIpc) is 2.92. The summed E-state index contributed by atoms with van der Waals surface area (Å²) < 4.78 is 7.28. The number of hydrogen-bond donors (Lipinski definition) is 3. The van der Waals surface area contributed by atoms with Crippen LogP contribution in [0.2, 0.25) is 0 Å². The number of fused-ring (bicyclic) bond motifs is 1. The van der Waals surface area contributed by atoms with E-state index in [4.69, 9.17) is 9.84 Å². The average molecular weight is 265 g/mol. The number of nitrogens with zero attached hydrogens (tertiary/aromatic N) is 2. The normalized spacial score (nSPS) is 27.2. The minimum atomic E-state index is -0.712. The third kappa shape index (κ3) is 1.95. The minimum Gasteiger partial charge on any atom is -0.394 e. The van der Waals surface area contributed by atoms with Crippen LogP contribution in [0, 0.1) is 6.92 Å². The second-order valence-corrected chi connectivity index (χ2v) is 4.73. The fraction of sp³-hybridized carbons (Fsp3) is 0.500. The van der Waals surface area contributed by atoms with Crippen molar-refractivity contribution < 1.29 is 14.9 Å². The Hall–Kier alpha value is -1.70. The molecule has 1 aliphatic rings. The standard InChI is InChI=1S/C12H15N3O4/c1-6-13-11-7(12(18)14-6)2-3-15(11)10-4-8(17)9(5-16)19-10/h2-3,8-10,16-17H,4-5H2,1H3,(H,13,14,18). The third-order valence-electron chi connectivity index (χ3n) is 3.39. The highest BCUT2D eigenvalue weighted by atomic mass is 16.5. The largest absolute Gasteiger partial charge is 0.394 e. The maximum Gasteiger partial charge on any atom is 0.260 e. The molecule has 3 atom stereocenters. The topological polar surface area (TPSA) is 100 Å². The van der Waals surface area contributed by atoms with Crippen molar-refractivity contribution in [1.29, 1.82) is 0 Å². The van der Waals surface area contributed by atoms with Gasteiger partial charge in [0, 0.05) is 12.6 Å². The van der Waals surface area contributed by atoms with Crippen molar-refractivity contribution in [1.82, 2.24) is 14.5 Å². The molecule has 1 aliphatic heterocycles. The molecule has 0 aromatic carbocycles. The van der Waals surface area contributed by atoms with Gasteiger partial charge in [0.1, 0.15) is 23.8 Å². The number of nitrogens with one attached hydrogen (secondary N) is 1. The number of aryl methyl sites for hydroxylation is 1. The number of aliphatic hydroxyl groups excluding tert-OH is 2. The first-order chi connectivity index (χ1) is 9.10. The Morgan fingerprint density at radius 2 is 2.42 bits per heavy atom. The molecule has 3 rings (SSSR count). The lowest BCUT2D eigenvalue weighted by Crippen LogP contribution is -2.24. The lowest BCUT2D eigenvalue weighted by molar-refractivity contribution is -0.0430. The van der Waals surface area contributed by atoms with Crippen LogP contribution in [0.3, 0.4) is 0 Å². The molecule has 3 unspecified atom stereocenters. The fourth-order valence-electron chi connectivity index (χ4n) is 2.44. The summed E-state index contributed by atoms with van der Waals surface area (Å²) >= 11 is 0. The molecule has 102 valence electrons. The monoisotopic (exact) mass is 265 g/mol. The van der Waals surface area contributed by atoms with E-state index in [1.54, 1.807) is 23.8 Å². The molecule has 2 aromatic rings. The zero-order valence-electron chi connectivity index (χ0n) is 10.4. The van der Waals surface area contributed by atoms with Crippen LogP contribution >= 0.6 is 0 Å². The van der Waals surface area contributed by atoms with Crippen LogP contribution in [0.1, 0.15) is 18.5 Å². The highest BCUT2D eigenvalue weighted by Crippen LogP contribution is 2.30. The van der Waals surface area contributed by atoms with Gasteiger partial charge in [-0.3, -0.25) is 4.79 Å². The van der Waals surface area contributed by atoms with Crippen LogP contribution in [0.25, 0.3) is 11.0 Å². The van der Waals surface area contributed by atoms with Crippen LogP contribution in [0.15, 0.2) is 17.1 Å². The van der Waals surface area contributed by atoms with E-state index in [1.165, 1.54) is 0 Å². The van der Waals surface area contributed by atoms with Crippen molar-refractivity contribution in [3.05, 3.63) is 28.4 Å². The number of rotatable bonds is 2. The van der Waals surface area contributed by atoms with Crippen molar-refractivity contribution in [2.75, 3.05) is 6.61 Å². The summed E-state index contributed by atoms with van der Waals surface area (Å²) in [5.74, 6) is 0.523. The van der Waals surface area contributed by atoms with Crippen molar-refractivity contribution in [2.45, 2.75) is 31.8 Å². The van der Waals surface area contributed by atoms with E-state index >= 15 is 0 Å². The van der Waals surface area contributed by atoms with E-state index in [0.717, 1.165) is 0 Å². The molecule has 19 heavy (non-hydrogen) atoms. The summed E-state index contributed by atoms with van der Waals surface area (Å²) in [6.45, 7) is 1.48. The van der Waals surface area contributed by atoms with Gasteiger partial charge in [-0.15, -0.1) is 0 Å². The smallest absolute Gasteiger partial charge is 0.260 e. The van der Waals surface area contributed by atoms with E-state index in [-0.39, 0.29) is 12.2 Å². The molecule has 7 nitrogen and oxygen atoms in total.